The van der Waals surface area contributed by atoms with Gasteiger partial charge in [-0.1, -0.05) is 13.8 Å². The van der Waals surface area contributed by atoms with Crippen molar-refractivity contribution in [2.45, 2.75) is 20.8 Å². The number of nitrogens with one attached hydrogen (secondary N) is 1. The van der Waals surface area contributed by atoms with Crippen molar-refractivity contribution in [1.29, 1.82) is 0 Å². The van der Waals surface area contributed by atoms with Gasteiger partial charge in [0.2, 0.25) is 0 Å². The van der Waals surface area contributed by atoms with E-state index in [1.807, 2.05) is 0 Å². The Morgan fingerprint density at radius 1 is 1.69 bits per heavy atom. The molecule has 1 aromatic rings. The third kappa shape index (κ3) is 3.14. The molecular formula is C9H14N2OS. The zero-order valence-corrected chi connectivity index (χ0v) is 8.94. The van der Waals surface area contributed by atoms with E-state index in [2.05, 4.69) is 24.1 Å². The summed E-state index contributed by atoms with van der Waals surface area (Å²) in [5.41, 5.74) is 0.552. The first-order chi connectivity index (χ1) is 6.09. The average Bonchev–Trinajstić information content (AvgIpc) is 2.48. The molecule has 72 valence electrons. The van der Waals surface area contributed by atoms with Gasteiger partial charge < -0.3 is 5.32 Å². The molecule has 0 unspecified atom stereocenters. The molecule has 4 heteroatoms. The Morgan fingerprint density at radius 3 is 2.85 bits per heavy atom. The van der Waals surface area contributed by atoms with Crippen LogP contribution in [-0.2, 0) is 0 Å². The molecule has 1 N–H and O–H groups in total. The number of ketones is 1. The minimum absolute atomic E-state index is 0.0221. The smallest absolute Gasteiger partial charge is 0.183 e. The van der Waals surface area contributed by atoms with Gasteiger partial charge in [0.1, 0.15) is 5.69 Å². The highest BCUT2D eigenvalue weighted by Gasteiger charge is 2.05. The molecule has 0 aliphatic rings. The van der Waals surface area contributed by atoms with E-state index in [0.717, 1.165) is 11.7 Å². The van der Waals surface area contributed by atoms with Crippen molar-refractivity contribution in [2.75, 3.05) is 11.9 Å². The maximum atomic E-state index is 10.9. The van der Waals surface area contributed by atoms with Crippen LogP contribution in [-0.4, -0.2) is 17.3 Å². The standard InChI is InChI=1S/C9H14N2OS/c1-6(2)4-10-9-11-8(5-13-9)7(3)12/h5-6H,4H2,1-3H3,(H,10,11). The Kier molecular flexibility index (Phi) is 3.42. The van der Waals surface area contributed by atoms with Crippen LogP contribution < -0.4 is 5.32 Å². The molecule has 0 atom stereocenters. The summed E-state index contributed by atoms with van der Waals surface area (Å²) in [6.45, 7) is 6.69. The molecule has 1 heterocycles. The van der Waals surface area contributed by atoms with Gasteiger partial charge in [-0.05, 0) is 5.92 Å². The van der Waals surface area contributed by atoms with Crippen LogP contribution in [0.2, 0.25) is 0 Å². The summed E-state index contributed by atoms with van der Waals surface area (Å²) in [6.07, 6.45) is 0. The van der Waals surface area contributed by atoms with Crippen LogP contribution in [0.4, 0.5) is 5.13 Å². The van der Waals surface area contributed by atoms with Crippen LogP contribution in [0.5, 0.6) is 0 Å². The summed E-state index contributed by atoms with van der Waals surface area (Å²) in [5, 5.41) is 5.79. The third-order valence-electron chi connectivity index (χ3n) is 1.53. The first kappa shape index (κ1) is 10.2. The lowest BCUT2D eigenvalue weighted by molar-refractivity contribution is 0.101. The van der Waals surface area contributed by atoms with E-state index in [1.165, 1.54) is 18.3 Å². The molecule has 0 fully saturated rings. The van der Waals surface area contributed by atoms with Gasteiger partial charge in [0.15, 0.2) is 10.9 Å². The number of hydrogen-bond donors (Lipinski definition) is 1. The Bertz CT molecular complexity index is 294. The quantitative estimate of drug-likeness (QED) is 0.755. The molecular weight excluding hydrogens is 184 g/mol. The van der Waals surface area contributed by atoms with Gasteiger partial charge in [-0.25, -0.2) is 4.98 Å². The molecule has 1 rings (SSSR count). The Labute approximate surface area is 82.2 Å². The number of thiazole rings is 1. The van der Waals surface area contributed by atoms with Crippen LogP contribution >= 0.6 is 11.3 Å². The van der Waals surface area contributed by atoms with E-state index < -0.39 is 0 Å². The van der Waals surface area contributed by atoms with E-state index in [1.54, 1.807) is 5.38 Å². The van der Waals surface area contributed by atoms with Gasteiger partial charge in [-0.3, -0.25) is 4.79 Å². The fraction of sp³-hybridized carbons (Fsp3) is 0.556. The molecule has 0 bridgehead atoms. The van der Waals surface area contributed by atoms with Crippen molar-refractivity contribution in [1.82, 2.24) is 4.98 Å². The second kappa shape index (κ2) is 4.37. The maximum Gasteiger partial charge on any atom is 0.183 e. The van der Waals surface area contributed by atoms with Gasteiger partial charge in [0.25, 0.3) is 0 Å². The summed E-state index contributed by atoms with van der Waals surface area (Å²) in [7, 11) is 0. The highest BCUT2D eigenvalue weighted by atomic mass is 32.1. The molecule has 3 nitrogen and oxygen atoms in total. The van der Waals surface area contributed by atoms with Crippen molar-refractivity contribution in [3.63, 3.8) is 0 Å². The van der Waals surface area contributed by atoms with Crippen LogP contribution in [0.3, 0.4) is 0 Å². The number of anilines is 1. The van der Waals surface area contributed by atoms with Crippen molar-refractivity contribution in [3.05, 3.63) is 11.1 Å². The second-order valence-electron chi connectivity index (χ2n) is 3.37. The van der Waals surface area contributed by atoms with E-state index in [4.69, 9.17) is 0 Å². The number of Topliss-reactive ketones (excluding diaryl/α,β-unsaturated/α-hetero) is 1. The normalized spacial score (nSPS) is 10.5. The molecule has 0 saturated carbocycles. The largest absolute Gasteiger partial charge is 0.361 e. The number of rotatable bonds is 4. The number of nitrogens with zero attached hydrogens (tertiary/aromatic N) is 1. The lowest BCUT2D eigenvalue weighted by Gasteiger charge is -2.04. The summed E-state index contributed by atoms with van der Waals surface area (Å²) in [6, 6.07) is 0. The first-order valence-electron chi connectivity index (χ1n) is 4.30. The van der Waals surface area contributed by atoms with Gasteiger partial charge in [-0.15, -0.1) is 11.3 Å². The molecule has 1 aromatic heterocycles. The van der Waals surface area contributed by atoms with E-state index >= 15 is 0 Å². The van der Waals surface area contributed by atoms with E-state index in [-0.39, 0.29) is 5.78 Å². The van der Waals surface area contributed by atoms with Crippen LogP contribution in [0, 0.1) is 5.92 Å². The minimum Gasteiger partial charge on any atom is -0.361 e. The fourth-order valence-corrected chi connectivity index (χ4v) is 1.57. The SMILES string of the molecule is CC(=O)c1csc(NCC(C)C)n1. The molecule has 0 radical (unpaired) electrons. The molecule has 13 heavy (non-hydrogen) atoms. The predicted molar refractivity (Wildman–Crippen MR) is 55.4 cm³/mol. The summed E-state index contributed by atoms with van der Waals surface area (Å²) in [5.74, 6) is 0.610. The third-order valence-corrected chi connectivity index (χ3v) is 2.33. The zero-order valence-electron chi connectivity index (χ0n) is 8.13. The Balaban J connectivity index is 2.54. The zero-order chi connectivity index (χ0) is 9.84. The lowest BCUT2D eigenvalue weighted by Crippen LogP contribution is -2.07. The van der Waals surface area contributed by atoms with Crippen LogP contribution in [0.1, 0.15) is 31.3 Å². The lowest BCUT2D eigenvalue weighted by atomic mass is 10.2. The molecule has 0 spiro atoms. The number of aromatic nitrogens is 1. The van der Waals surface area contributed by atoms with Crippen molar-refractivity contribution in [2.24, 2.45) is 5.92 Å². The van der Waals surface area contributed by atoms with Gasteiger partial charge in [0.05, 0.1) is 0 Å². The Hall–Kier alpha value is -0.900. The van der Waals surface area contributed by atoms with Crippen LogP contribution in [0.15, 0.2) is 5.38 Å². The van der Waals surface area contributed by atoms with Gasteiger partial charge in [0, 0.05) is 18.8 Å². The van der Waals surface area contributed by atoms with Crippen molar-refractivity contribution in [3.8, 4) is 0 Å². The summed E-state index contributed by atoms with van der Waals surface area (Å²) >= 11 is 1.48. The molecule has 0 aromatic carbocycles. The molecule has 0 amide bonds. The number of carbonyl (C=O) groups is 1. The van der Waals surface area contributed by atoms with Gasteiger partial charge in [-0.2, -0.15) is 0 Å². The minimum atomic E-state index is 0.0221. The highest BCUT2D eigenvalue weighted by Crippen LogP contribution is 2.15. The van der Waals surface area contributed by atoms with Gasteiger partial charge >= 0.3 is 0 Å². The predicted octanol–water partition coefficient (Wildman–Crippen LogP) is 2.41. The van der Waals surface area contributed by atoms with E-state index in [9.17, 15) is 4.79 Å². The summed E-state index contributed by atoms with van der Waals surface area (Å²) in [4.78, 5) is 15.1. The molecule has 0 saturated heterocycles. The second-order valence-corrected chi connectivity index (χ2v) is 4.23. The highest BCUT2D eigenvalue weighted by molar-refractivity contribution is 7.13. The summed E-state index contributed by atoms with van der Waals surface area (Å²) < 4.78 is 0. The molecule has 0 aliphatic carbocycles. The fourth-order valence-electron chi connectivity index (χ4n) is 0.808. The number of carbonyl (C=O) groups excluding carboxylic acids is 1. The Morgan fingerprint density at radius 2 is 2.38 bits per heavy atom. The monoisotopic (exact) mass is 198 g/mol. The first-order valence-corrected chi connectivity index (χ1v) is 5.18. The van der Waals surface area contributed by atoms with Crippen molar-refractivity contribution < 1.29 is 4.79 Å². The maximum absolute atomic E-state index is 10.9. The van der Waals surface area contributed by atoms with Crippen LogP contribution in [0.25, 0.3) is 0 Å². The topological polar surface area (TPSA) is 42.0 Å². The molecule has 0 aliphatic heterocycles. The van der Waals surface area contributed by atoms with Crippen molar-refractivity contribution >= 4 is 22.3 Å². The van der Waals surface area contributed by atoms with E-state index in [0.29, 0.717) is 11.6 Å². The number of hydrogen-bond acceptors (Lipinski definition) is 4. The average molecular weight is 198 g/mol.